The molecule has 1 unspecified atom stereocenters. The fourth-order valence-electron chi connectivity index (χ4n) is 1.03. The number of nitrogens with two attached hydrogens (primary N) is 1. The van der Waals surface area contributed by atoms with Gasteiger partial charge in [0.25, 0.3) is 6.43 Å². The molecule has 0 fully saturated rings. The number of hydrogen-bond donors (Lipinski definition) is 1. The van der Waals surface area contributed by atoms with Gasteiger partial charge in [0.1, 0.15) is 0 Å². The first kappa shape index (κ1) is 9.62. The molecule has 0 aliphatic heterocycles. The maximum absolute atomic E-state index is 12.2. The molecule has 1 aromatic carbocycles. The van der Waals surface area contributed by atoms with Crippen LogP contribution in [0, 0.1) is 11.3 Å². The van der Waals surface area contributed by atoms with Crippen molar-refractivity contribution < 1.29 is 8.78 Å². The minimum atomic E-state index is -2.64. The van der Waals surface area contributed by atoms with Gasteiger partial charge in [-0.1, -0.05) is 18.2 Å². The molecule has 1 aromatic rings. The van der Waals surface area contributed by atoms with Gasteiger partial charge in [0, 0.05) is 0 Å². The van der Waals surface area contributed by atoms with Crippen LogP contribution in [0.5, 0.6) is 0 Å². The SMILES string of the molecule is N#Cc1ccccc1C(N)C(F)F. The summed E-state index contributed by atoms with van der Waals surface area (Å²) >= 11 is 0. The largest absolute Gasteiger partial charge is 0.319 e. The fourth-order valence-corrected chi connectivity index (χ4v) is 1.03. The predicted molar refractivity (Wildman–Crippen MR) is 44.1 cm³/mol. The van der Waals surface area contributed by atoms with E-state index >= 15 is 0 Å². The van der Waals surface area contributed by atoms with Gasteiger partial charge in [-0.2, -0.15) is 5.26 Å². The minimum Gasteiger partial charge on any atom is -0.319 e. The molecule has 2 nitrogen and oxygen atoms in total. The molecule has 0 saturated carbocycles. The molecule has 0 aliphatic carbocycles. The molecule has 1 rings (SSSR count). The molecule has 4 heteroatoms. The number of nitrogens with zero attached hydrogens (tertiary/aromatic N) is 1. The topological polar surface area (TPSA) is 49.8 Å². The Morgan fingerprint density at radius 1 is 1.31 bits per heavy atom. The third-order valence-electron chi connectivity index (χ3n) is 1.71. The van der Waals surface area contributed by atoms with Crippen LogP contribution in [-0.2, 0) is 0 Å². The summed E-state index contributed by atoms with van der Waals surface area (Å²) in [5.74, 6) is 0. The van der Waals surface area contributed by atoms with Gasteiger partial charge in [0.2, 0.25) is 0 Å². The lowest BCUT2D eigenvalue weighted by Gasteiger charge is -2.11. The molecule has 0 aliphatic rings. The summed E-state index contributed by atoms with van der Waals surface area (Å²) < 4.78 is 24.4. The van der Waals surface area contributed by atoms with Crippen LogP contribution in [-0.4, -0.2) is 6.43 Å². The Hall–Kier alpha value is -1.47. The molecule has 2 N–H and O–H groups in total. The van der Waals surface area contributed by atoms with E-state index in [2.05, 4.69) is 0 Å². The highest BCUT2D eigenvalue weighted by Gasteiger charge is 2.19. The molecular weight excluding hydrogens is 174 g/mol. The van der Waals surface area contributed by atoms with Crippen LogP contribution in [0.2, 0.25) is 0 Å². The Bertz CT molecular complexity index is 331. The Balaban J connectivity index is 3.07. The standard InChI is InChI=1S/C9H8F2N2/c10-9(11)8(13)7-4-2-1-3-6(7)5-12/h1-4,8-9H,13H2. The third kappa shape index (κ3) is 2.01. The van der Waals surface area contributed by atoms with Crippen LogP contribution in [0.4, 0.5) is 8.78 Å². The molecule has 0 aromatic heterocycles. The monoisotopic (exact) mass is 182 g/mol. The predicted octanol–water partition coefficient (Wildman–Crippen LogP) is 1.82. The molecule has 0 saturated heterocycles. The molecule has 68 valence electrons. The van der Waals surface area contributed by atoms with Crippen LogP contribution < -0.4 is 5.73 Å². The molecular formula is C9H8F2N2. The second kappa shape index (κ2) is 3.97. The minimum absolute atomic E-state index is 0.194. The zero-order valence-corrected chi connectivity index (χ0v) is 6.74. The van der Waals surface area contributed by atoms with Crippen molar-refractivity contribution in [3.8, 4) is 6.07 Å². The van der Waals surface area contributed by atoms with Crippen molar-refractivity contribution >= 4 is 0 Å². The van der Waals surface area contributed by atoms with E-state index in [-0.39, 0.29) is 11.1 Å². The Kier molecular flexibility index (Phi) is 2.93. The Labute approximate surface area is 74.6 Å². The summed E-state index contributed by atoms with van der Waals surface area (Å²) in [6.45, 7) is 0. The Morgan fingerprint density at radius 3 is 2.46 bits per heavy atom. The molecule has 0 spiro atoms. The van der Waals surface area contributed by atoms with Crippen molar-refractivity contribution in [2.24, 2.45) is 5.73 Å². The highest BCUT2D eigenvalue weighted by Crippen LogP contribution is 2.20. The van der Waals surface area contributed by atoms with E-state index in [9.17, 15) is 8.78 Å². The number of rotatable bonds is 2. The molecule has 0 heterocycles. The fraction of sp³-hybridized carbons (Fsp3) is 0.222. The van der Waals surface area contributed by atoms with Gasteiger partial charge in [-0.25, -0.2) is 8.78 Å². The number of hydrogen-bond acceptors (Lipinski definition) is 2. The van der Waals surface area contributed by atoms with Crippen LogP contribution in [0.15, 0.2) is 24.3 Å². The van der Waals surface area contributed by atoms with Gasteiger partial charge in [0.15, 0.2) is 0 Å². The van der Waals surface area contributed by atoms with E-state index in [1.54, 1.807) is 12.1 Å². The average Bonchev–Trinajstić information content (AvgIpc) is 2.16. The van der Waals surface area contributed by atoms with Gasteiger partial charge < -0.3 is 5.73 Å². The van der Waals surface area contributed by atoms with E-state index in [0.717, 1.165) is 0 Å². The first-order valence-electron chi connectivity index (χ1n) is 3.69. The van der Waals surface area contributed by atoms with Crippen molar-refractivity contribution in [2.45, 2.75) is 12.5 Å². The first-order chi connectivity index (χ1) is 6.16. The average molecular weight is 182 g/mol. The molecule has 0 radical (unpaired) electrons. The first-order valence-corrected chi connectivity index (χ1v) is 3.69. The van der Waals surface area contributed by atoms with Crippen molar-refractivity contribution in [1.82, 2.24) is 0 Å². The second-order valence-electron chi connectivity index (χ2n) is 2.56. The van der Waals surface area contributed by atoms with Gasteiger partial charge in [-0.15, -0.1) is 0 Å². The van der Waals surface area contributed by atoms with Crippen molar-refractivity contribution in [3.63, 3.8) is 0 Å². The number of benzene rings is 1. The quantitative estimate of drug-likeness (QED) is 0.758. The smallest absolute Gasteiger partial charge is 0.257 e. The number of halogens is 2. The van der Waals surface area contributed by atoms with E-state index in [4.69, 9.17) is 11.0 Å². The molecule has 1 atom stereocenters. The lowest BCUT2D eigenvalue weighted by molar-refractivity contribution is 0.116. The lowest BCUT2D eigenvalue weighted by Crippen LogP contribution is -2.19. The molecule has 13 heavy (non-hydrogen) atoms. The van der Waals surface area contributed by atoms with E-state index in [1.807, 2.05) is 6.07 Å². The van der Waals surface area contributed by atoms with Crippen molar-refractivity contribution in [3.05, 3.63) is 35.4 Å². The van der Waals surface area contributed by atoms with Crippen LogP contribution >= 0.6 is 0 Å². The number of alkyl halides is 2. The summed E-state index contributed by atoms with van der Waals surface area (Å²) in [6.07, 6.45) is -2.64. The van der Waals surface area contributed by atoms with Crippen molar-refractivity contribution in [1.29, 1.82) is 5.26 Å². The molecule has 0 amide bonds. The highest BCUT2D eigenvalue weighted by atomic mass is 19.3. The van der Waals surface area contributed by atoms with Crippen LogP contribution in [0.25, 0.3) is 0 Å². The third-order valence-corrected chi connectivity index (χ3v) is 1.71. The van der Waals surface area contributed by atoms with Crippen LogP contribution in [0.1, 0.15) is 17.2 Å². The lowest BCUT2D eigenvalue weighted by atomic mass is 10.0. The molecule has 0 bridgehead atoms. The highest BCUT2D eigenvalue weighted by molar-refractivity contribution is 5.39. The van der Waals surface area contributed by atoms with Crippen molar-refractivity contribution in [2.75, 3.05) is 0 Å². The summed E-state index contributed by atoms with van der Waals surface area (Å²) in [7, 11) is 0. The Morgan fingerprint density at radius 2 is 1.92 bits per heavy atom. The summed E-state index contributed by atoms with van der Waals surface area (Å²) in [4.78, 5) is 0. The van der Waals surface area contributed by atoms with Gasteiger partial charge in [-0.05, 0) is 11.6 Å². The normalized spacial score (nSPS) is 12.5. The summed E-state index contributed by atoms with van der Waals surface area (Å²) in [5, 5.41) is 8.60. The van der Waals surface area contributed by atoms with Crippen LogP contribution in [0.3, 0.4) is 0 Å². The van der Waals surface area contributed by atoms with E-state index in [1.165, 1.54) is 12.1 Å². The second-order valence-corrected chi connectivity index (χ2v) is 2.56. The maximum Gasteiger partial charge on any atom is 0.257 e. The maximum atomic E-state index is 12.2. The summed E-state index contributed by atoms with van der Waals surface area (Å²) in [5.41, 5.74) is 5.61. The zero-order valence-electron chi connectivity index (χ0n) is 6.74. The van der Waals surface area contributed by atoms with Gasteiger partial charge in [0.05, 0.1) is 17.7 Å². The van der Waals surface area contributed by atoms with Gasteiger partial charge in [-0.3, -0.25) is 0 Å². The van der Waals surface area contributed by atoms with Gasteiger partial charge >= 0.3 is 0 Å². The van der Waals surface area contributed by atoms with E-state index < -0.39 is 12.5 Å². The number of nitriles is 1. The van der Waals surface area contributed by atoms with E-state index in [0.29, 0.717) is 0 Å². The zero-order chi connectivity index (χ0) is 9.84. The summed E-state index contributed by atoms with van der Waals surface area (Å²) in [6, 6.07) is 6.54.